The lowest BCUT2D eigenvalue weighted by atomic mass is 9.67. The van der Waals surface area contributed by atoms with Crippen LogP contribution in [-0.2, 0) is 0 Å². The van der Waals surface area contributed by atoms with Crippen LogP contribution >= 0.6 is 0 Å². The van der Waals surface area contributed by atoms with Gasteiger partial charge in [0.15, 0.2) is 11.6 Å². The number of rotatable bonds is 0. The number of carbonyl (C=O) groups is 2. The van der Waals surface area contributed by atoms with Crippen molar-refractivity contribution >= 4 is 11.6 Å². The number of carbonyl (C=O) groups excluding carboxylic acids is 2. The molecular formula is C20H14O2. The van der Waals surface area contributed by atoms with Crippen LogP contribution in [0.4, 0.5) is 0 Å². The van der Waals surface area contributed by atoms with E-state index in [4.69, 9.17) is 0 Å². The fourth-order valence-corrected chi connectivity index (χ4v) is 4.49. The summed E-state index contributed by atoms with van der Waals surface area (Å²) in [6.45, 7) is 0. The minimum atomic E-state index is -0.244. The molecule has 2 nitrogen and oxygen atoms in total. The van der Waals surface area contributed by atoms with Crippen molar-refractivity contribution in [3.8, 4) is 0 Å². The van der Waals surface area contributed by atoms with Crippen molar-refractivity contribution in [1.29, 1.82) is 0 Å². The van der Waals surface area contributed by atoms with E-state index in [2.05, 4.69) is 6.07 Å². The van der Waals surface area contributed by atoms with Crippen molar-refractivity contribution < 1.29 is 9.59 Å². The van der Waals surface area contributed by atoms with Gasteiger partial charge >= 0.3 is 0 Å². The highest BCUT2D eigenvalue weighted by Gasteiger charge is 2.47. The fraction of sp³-hybridized carbons (Fsp3) is 0.200. The molecule has 0 heterocycles. The van der Waals surface area contributed by atoms with Crippen LogP contribution in [0, 0.1) is 0 Å². The zero-order chi connectivity index (χ0) is 14.8. The molecule has 22 heavy (non-hydrogen) atoms. The summed E-state index contributed by atoms with van der Waals surface area (Å²) >= 11 is 0. The van der Waals surface area contributed by atoms with Crippen LogP contribution in [0.2, 0.25) is 0 Å². The standard InChI is InChI=1S/C20H14O2/c21-19-15-8-4-2-6-12(15)18-17-13(9-10-16(17)19)11-5-1-3-7-14(11)20(18)22/h1-8,13,18H,9-10H2. The van der Waals surface area contributed by atoms with Crippen LogP contribution in [0.3, 0.4) is 0 Å². The molecule has 2 heteroatoms. The molecule has 2 atom stereocenters. The Balaban J connectivity index is 1.86. The van der Waals surface area contributed by atoms with Crippen molar-refractivity contribution in [2.75, 3.05) is 0 Å². The molecule has 0 aromatic heterocycles. The van der Waals surface area contributed by atoms with E-state index < -0.39 is 0 Å². The molecule has 3 aliphatic rings. The van der Waals surface area contributed by atoms with E-state index in [9.17, 15) is 9.59 Å². The number of hydrogen-bond donors (Lipinski definition) is 0. The zero-order valence-corrected chi connectivity index (χ0v) is 12.0. The van der Waals surface area contributed by atoms with Gasteiger partial charge in [-0.2, -0.15) is 0 Å². The Morgan fingerprint density at radius 2 is 1.50 bits per heavy atom. The predicted molar refractivity (Wildman–Crippen MR) is 83.3 cm³/mol. The van der Waals surface area contributed by atoms with E-state index in [0.717, 1.165) is 46.2 Å². The van der Waals surface area contributed by atoms with Crippen molar-refractivity contribution in [3.05, 3.63) is 81.9 Å². The van der Waals surface area contributed by atoms with Gasteiger partial charge in [-0.25, -0.2) is 0 Å². The van der Waals surface area contributed by atoms with Crippen LogP contribution in [0.5, 0.6) is 0 Å². The number of Topliss-reactive ketones (excluding diaryl/α,β-unsaturated/α-hetero) is 2. The molecule has 0 fully saturated rings. The summed E-state index contributed by atoms with van der Waals surface area (Å²) in [6.07, 6.45) is 1.75. The maximum Gasteiger partial charge on any atom is 0.189 e. The lowest BCUT2D eigenvalue weighted by Gasteiger charge is -2.34. The number of hydrogen-bond acceptors (Lipinski definition) is 2. The van der Waals surface area contributed by atoms with Gasteiger partial charge in [-0.3, -0.25) is 9.59 Å². The van der Waals surface area contributed by atoms with E-state index in [1.54, 1.807) is 0 Å². The monoisotopic (exact) mass is 286 g/mol. The Hall–Kier alpha value is -2.48. The third-order valence-electron chi connectivity index (χ3n) is 5.37. The molecule has 3 aliphatic carbocycles. The quantitative estimate of drug-likeness (QED) is 0.732. The highest BCUT2D eigenvalue weighted by molar-refractivity contribution is 6.18. The van der Waals surface area contributed by atoms with Gasteiger partial charge in [-0.1, -0.05) is 48.5 Å². The highest BCUT2D eigenvalue weighted by Crippen LogP contribution is 2.55. The zero-order valence-electron chi connectivity index (χ0n) is 12.0. The van der Waals surface area contributed by atoms with Crippen LogP contribution in [0.25, 0.3) is 0 Å². The largest absolute Gasteiger partial charge is 0.293 e. The minimum absolute atomic E-state index is 0.136. The fourth-order valence-electron chi connectivity index (χ4n) is 4.49. The molecule has 106 valence electrons. The number of fused-ring (bicyclic) bond motifs is 4. The van der Waals surface area contributed by atoms with Crippen LogP contribution in [-0.4, -0.2) is 11.6 Å². The summed E-state index contributed by atoms with van der Waals surface area (Å²) in [5.41, 5.74) is 5.56. The van der Waals surface area contributed by atoms with E-state index in [0.29, 0.717) is 0 Å². The molecule has 0 N–H and O–H groups in total. The minimum Gasteiger partial charge on any atom is -0.293 e. The maximum absolute atomic E-state index is 13.1. The van der Waals surface area contributed by atoms with Gasteiger partial charge in [0.1, 0.15) is 0 Å². The molecule has 0 saturated heterocycles. The lowest BCUT2D eigenvalue weighted by Crippen LogP contribution is -2.30. The average Bonchev–Trinajstić information content (AvgIpc) is 3.00. The third-order valence-corrected chi connectivity index (χ3v) is 5.37. The second kappa shape index (κ2) is 4.04. The second-order valence-electron chi connectivity index (χ2n) is 6.33. The van der Waals surface area contributed by atoms with Gasteiger partial charge < -0.3 is 0 Å². The Morgan fingerprint density at radius 3 is 2.32 bits per heavy atom. The molecule has 0 saturated carbocycles. The van der Waals surface area contributed by atoms with Gasteiger partial charge in [0.2, 0.25) is 0 Å². The average molecular weight is 286 g/mol. The van der Waals surface area contributed by atoms with E-state index in [1.165, 1.54) is 0 Å². The summed E-state index contributed by atoms with van der Waals surface area (Å²) in [7, 11) is 0. The molecule has 0 radical (unpaired) electrons. The van der Waals surface area contributed by atoms with Gasteiger partial charge in [0.25, 0.3) is 0 Å². The normalized spacial score (nSPS) is 24.9. The maximum atomic E-state index is 13.1. The van der Waals surface area contributed by atoms with Gasteiger partial charge in [-0.15, -0.1) is 0 Å². The first kappa shape index (κ1) is 12.1. The van der Waals surface area contributed by atoms with E-state index in [-0.39, 0.29) is 23.4 Å². The van der Waals surface area contributed by atoms with Crippen LogP contribution < -0.4 is 0 Å². The Bertz CT molecular complexity index is 888. The third kappa shape index (κ3) is 1.31. The highest BCUT2D eigenvalue weighted by atomic mass is 16.1. The molecule has 0 spiro atoms. The van der Waals surface area contributed by atoms with Crippen LogP contribution in [0.15, 0.2) is 59.7 Å². The number of benzene rings is 2. The summed E-state index contributed by atoms with van der Waals surface area (Å²) in [4.78, 5) is 25.9. The predicted octanol–water partition coefficient (Wildman–Crippen LogP) is 4.04. The van der Waals surface area contributed by atoms with Crippen LogP contribution in [0.1, 0.15) is 56.5 Å². The molecule has 2 unspecified atom stereocenters. The van der Waals surface area contributed by atoms with E-state index >= 15 is 0 Å². The van der Waals surface area contributed by atoms with E-state index in [1.807, 2.05) is 42.5 Å². The number of allylic oxidation sites excluding steroid dienone is 2. The van der Waals surface area contributed by atoms with Gasteiger partial charge in [0.05, 0.1) is 5.92 Å². The second-order valence-corrected chi connectivity index (χ2v) is 6.33. The first-order valence-corrected chi connectivity index (χ1v) is 7.77. The smallest absolute Gasteiger partial charge is 0.189 e. The van der Waals surface area contributed by atoms with Crippen molar-refractivity contribution in [3.63, 3.8) is 0 Å². The summed E-state index contributed by atoms with van der Waals surface area (Å²) in [5, 5.41) is 0. The molecule has 0 bridgehead atoms. The summed E-state index contributed by atoms with van der Waals surface area (Å²) in [6, 6.07) is 15.5. The van der Waals surface area contributed by atoms with Gasteiger partial charge in [0, 0.05) is 22.6 Å². The molecule has 2 aromatic rings. The summed E-state index contributed by atoms with van der Waals surface area (Å²) in [5.74, 6) is 0.287. The molecular weight excluding hydrogens is 272 g/mol. The molecule has 0 aliphatic heterocycles. The first-order valence-electron chi connectivity index (χ1n) is 7.77. The topological polar surface area (TPSA) is 34.1 Å². The Labute approximate surface area is 128 Å². The summed E-state index contributed by atoms with van der Waals surface area (Å²) < 4.78 is 0. The lowest BCUT2D eigenvalue weighted by molar-refractivity contribution is 0.0957. The van der Waals surface area contributed by atoms with Crippen molar-refractivity contribution in [1.82, 2.24) is 0 Å². The van der Waals surface area contributed by atoms with Gasteiger partial charge in [-0.05, 0) is 29.5 Å². The first-order chi connectivity index (χ1) is 10.8. The van der Waals surface area contributed by atoms with Crippen molar-refractivity contribution in [2.24, 2.45) is 0 Å². The SMILES string of the molecule is O=C1C2=C3C(CC2)c2ccccc2C(=O)C3c2ccccc21. The Morgan fingerprint density at radius 1 is 0.818 bits per heavy atom. The Kier molecular flexibility index (Phi) is 2.22. The molecule has 0 amide bonds. The molecule has 5 rings (SSSR count). The van der Waals surface area contributed by atoms with Crippen molar-refractivity contribution in [2.45, 2.75) is 24.7 Å². The molecule has 2 aromatic carbocycles. The number of ketones is 2.